The number of ketones is 1. The van der Waals surface area contributed by atoms with Crippen molar-refractivity contribution in [3.63, 3.8) is 0 Å². The van der Waals surface area contributed by atoms with Gasteiger partial charge in [0.1, 0.15) is 0 Å². The van der Waals surface area contributed by atoms with Crippen LogP contribution >= 0.6 is 23.2 Å². The molecule has 0 spiro atoms. The van der Waals surface area contributed by atoms with Crippen molar-refractivity contribution in [1.29, 1.82) is 0 Å². The highest BCUT2D eigenvalue weighted by molar-refractivity contribution is 6.40. The van der Waals surface area contributed by atoms with Crippen molar-refractivity contribution >= 4 is 29.0 Å². The minimum absolute atomic E-state index is 0.0525. The topological polar surface area (TPSA) is 17.1 Å². The number of carbonyl (C=O) groups excluding carboxylic acids is 1. The van der Waals surface area contributed by atoms with Crippen LogP contribution in [0.5, 0.6) is 0 Å². The molecule has 0 fully saturated rings. The lowest BCUT2D eigenvalue weighted by molar-refractivity contribution is -0.119. The van der Waals surface area contributed by atoms with Gasteiger partial charge < -0.3 is 0 Å². The van der Waals surface area contributed by atoms with Crippen molar-refractivity contribution in [1.82, 2.24) is 0 Å². The zero-order chi connectivity index (χ0) is 9.89. The highest BCUT2D eigenvalue weighted by Gasteiger charge is 2.27. The smallest absolute Gasteiger partial charge is 0.168 e. The van der Waals surface area contributed by atoms with Gasteiger partial charge in [-0.2, -0.15) is 0 Å². The van der Waals surface area contributed by atoms with Crippen LogP contribution in [-0.2, 0) is 4.79 Å². The van der Waals surface area contributed by atoms with Crippen LogP contribution < -0.4 is 0 Å². The molecule has 0 rings (SSSR count). The molecule has 0 heterocycles. The van der Waals surface area contributed by atoms with Crippen LogP contribution in [0.15, 0.2) is 0 Å². The van der Waals surface area contributed by atoms with Crippen molar-refractivity contribution in [2.75, 3.05) is 0 Å². The van der Waals surface area contributed by atoms with Crippen molar-refractivity contribution in [3.05, 3.63) is 0 Å². The summed E-state index contributed by atoms with van der Waals surface area (Å²) in [5.74, 6) is 0.252. The van der Waals surface area contributed by atoms with E-state index in [1.807, 2.05) is 27.7 Å². The second kappa shape index (κ2) is 5.08. The molecule has 0 bridgehead atoms. The van der Waals surface area contributed by atoms with Gasteiger partial charge >= 0.3 is 0 Å². The maximum absolute atomic E-state index is 11.5. The Balaban J connectivity index is 4.19. The Morgan fingerprint density at radius 1 is 0.917 bits per heavy atom. The third kappa shape index (κ3) is 3.32. The van der Waals surface area contributed by atoms with Gasteiger partial charge in [0.15, 0.2) is 5.78 Å². The quantitative estimate of drug-likeness (QED) is 0.653. The molecule has 0 saturated carbocycles. The van der Waals surface area contributed by atoms with Gasteiger partial charge in [-0.25, -0.2) is 0 Å². The first-order chi connectivity index (χ1) is 5.37. The van der Waals surface area contributed by atoms with Crippen molar-refractivity contribution in [3.8, 4) is 0 Å². The van der Waals surface area contributed by atoms with Gasteiger partial charge in [0.2, 0.25) is 0 Å². The second-order valence-electron chi connectivity index (χ2n) is 3.69. The second-order valence-corrected chi connectivity index (χ2v) is 4.63. The zero-order valence-corrected chi connectivity index (χ0v) is 9.49. The Kier molecular flexibility index (Phi) is 5.19. The first kappa shape index (κ1) is 12.2. The molecule has 1 nitrogen and oxygen atoms in total. The van der Waals surface area contributed by atoms with Crippen LogP contribution in [0.4, 0.5) is 0 Å². The monoisotopic (exact) mass is 210 g/mol. The number of hydrogen-bond donors (Lipinski definition) is 0. The molecular weight excluding hydrogens is 195 g/mol. The maximum atomic E-state index is 11.5. The molecule has 0 saturated heterocycles. The van der Waals surface area contributed by atoms with E-state index >= 15 is 0 Å². The van der Waals surface area contributed by atoms with E-state index in [0.717, 1.165) is 0 Å². The van der Waals surface area contributed by atoms with Crippen LogP contribution in [0.1, 0.15) is 27.7 Å². The minimum Gasteiger partial charge on any atom is -0.296 e. The highest BCUT2D eigenvalue weighted by atomic mass is 35.5. The third-order valence-electron chi connectivity index (χ3n) is 1.71. The summed E-state index contributed by atoms with van der Waals surface area (Å²) < 4.78 is 0. The SMILES string of the molecule is CC(C)[C@@H](Cl)C(=O)[C@H](Cl)C(C)C. The van der Waals surface area contributed by atoms with E-state index in [1.165, 1.54) is 0 Å². The summed E-state index contributed by atoms with van der Waals surface area (Å²) in [4.78, 5) is 11.5. The fraction of sp³-hybridized carbons (Fsp3) is 0.889. The van der Waals surface area contributed by atoms with Gasteiger partial charge in [0.25, 0.3) is 0 Å². The Bertz CT molecular complexity index is 139. The molecule has 72 valence electrons. The molecule has 0 aromatic rings. The summed E-state index contributed by atoms with van der Waals surface area (Å²) in [6.07, 6.45) is 0. The number of hydrogen-bond acceptors (Lipinski definition) is 1. The molecule has 0 aliphatic carbocycles. The average Bonchev–Trinajstić information content (AvgIpc) is 2.00. The minimum atomic E-state index is -0.449. The standard InChI is InChI=1S/C9H16Cl2O/c1-5(2)7(10)9(12)8(11)6(3)4/h5-8H,1-4H3/t7-,8-/m1/s1. The third-order valence-corrected chi connectivity index (χ3v) is 3.15. The Hall–Kier alpha value is 0.250. The molecule has 2 atom stereocenters. The largest absolute Gasteiger partial charge is 0.296 e. The number of Topliss-reactive ketones (excluding diaryl/α,β-unsaturated/α-hetero) is 1. The van der Waals surface area contributed by atoms with Crippen LogP contribution in [0.3, 0.4) is 0 Å². The number of halogens is 2. The van der Waals surface area contributed by atoms with Crippen LogP contribution in [-0.4, -0.2) is 16.5 Å². The van der Waals surface area contributed by atoms with E-state index in [1.54, 1.807) is 0 Å². The van der Waals surface area contributed by atoms with Crippen molar-refractivity contribution < 1.29 is 4.79 Å². The molecule has 3 heteroatoms. The Morgan fingerprint density at radius 3 is 1.33 bits per heavy atom. The molecule has 0 amide bonds. The summed E-state index contributed by atoms with van der Waals surface area (Å²) in [6.45, 7) is 7.66. The average molecular weight is 211 g/mol. The summed E-state index contributed by atoms with van der Waals surface area (Å²) in [5.41, 5.74) is 0. The summed E-state index contributed by atoms with van der Waals surface area (Å²) in [5, 5.41) is -0.898. The molecule has 0 aliphatic rings. The molecular formula is C9H16Cl2O. The molecule has 12 heavy (non-hydrogen) atoms. The predicted octanol–water partition coefficient (Wildman–Crippen LogP) is 3.08. The van der Waals surface area contributed by atoms with E-state index in [4.69, 9.17) is 23.2 Å². The Labute approximate surface area is 84.4 Å². The van der Waals surface area contributed by atoms with Crippen LogP contribution in [0.2, 0.25) is 0 Å². The Morgan fingerprint density at radius 2 is 1.17 bits per heavy atom. The number of rotatable bonds is 4. The fourth-order valence-corrected chi connectivity index (χ4v) is 1.15. The van der Waals surface area contributed by atoms with Crippen LogP contribution in [0.25, 0.3) is 0 Å². The van der Waals surface area contributed by atoms with Gasteiger partial charge in [-0.3, -0.25) is 4.79 Å². The molecule has 0 N–H and O–H groups in total. The number of carbonyl (C=O) groups is 1. The van der Waals surface area contributed by atoms with Crippen molar-refractivity contribution in [2.24, 2.45) is 11.8 Å². The van der Waals surface area contributed by atoms with Gasteiger partial charge in [-0.15, -0.1) is 23.2 Å². The lowest BCUT2D eigenvalue weighted by Gasteiger charge is -2.18. The molecule has 0 aromatic carbocycles. The summed E-state index contributed by atoms with van der Waals surface area (Å²) in [6, 6.07) is 0. The van der Waals surface area contributed by atoms with E-state index in [-0.39, 0.29) is 17.6 Å². The van der Waals surface area contributed by atoms with Crippen molar-refractivity contribution in [2.45, 2.75) is 38.4 Å². The van der Waals surface area contributed by atoms with E-state index in [2.05, 4.69) is 0 Å². The number of alkyl halides is 2. The van der Waals surface area contributed by atoms with E-state index in [0.29, 0.717) is 0 Å². The molecule has 0 radical (unpaired) electrons. The highest BCUT2D eigenvalue weighted by Crippen LogP contribution is 2.19. The first-order valence-electron chi connectivity index (χ1n) is 4.19. The van der Waals surface area contributed by atoms with Gasteiger partial charge in [0, 0.05) is 0 Å². The zero-order valence-electron chi connectivity index (χ0n) is 7.97. The van der Waals surface area contributed by atoms with Gasteiger partial charge in [-0.1, -0.05) is 27.7 Å². The fourth-order valence-electron chi connectivity index (χ4n) is 0.809. The lowest BCUT2D eigenvalue weighted by atomic mass is 9.98. The molecule has 0 aliphatic heterocycles. The predicted molar refractivity (Wildman–Crippen MR) is 54.0 cm³/mol. The van der Waals surface area contributed by atoms with E-state index < -0.39 is 10.8 Å². The van der Waals surface area contributed by atoms with Gasteiger partial charge in [-0.05, 0) is 11.8 Å². The summed E-state index contributed by atoms with van der Waals surface area (Å²) >= 11 is 11.7. The summed E-state index contributed by atoms with van der Waals surface area (Å²) in [7, 11) is 0. The first-order valence-corrected chi connectivity index (χ1v) is 5.07. The van der Waals surface area contributed by atoms with Gasteiger partial charge in [0.05, 0.1) is 10.8 Å². The normalized spacial score (nSPS) is 16.7. The molecule has 0 unspecified atom stereocenters. The van der Waals surface area contributed by atoms with E-state index in [9.17, 15) is 4.79 Å². The molecule has 0 aromatic heterocycles. The maximum Gasteiger partial charge on any atom is 0.168 e. The van der Waals surface area contributed by atoms with Crippen LogP contribution in [0, 0.1) is 11.8 Å². The lowest BCUT2D eigenvalue weighted by Crippen LogP contribution is -2.31.